The van der Waals surface area contributed by atoms with Crippen molar-refractivity contribution in [1.29, 1.82) is 0 Å². The fourth-order valence-corrected chi connectivity index (χ4v) is 1.49. The Hall–Kier alpha value is -0.660. The molecule has 0 aliphatic heterocycles. The molecule has 1 amide bonds. The van der Waals surface area contributed by atoms with Gasteiger partial charge in [0.25, 0.3) is 0 Å². The van der Waals surface area contributed by atoms with Gasteiger partial charge in [-0.3, -0.25) is 4.79 Å². The van der Waals surface area contributed by atoms with Gasteiger partial charge in [-0.05, 0) is 12.5 Å². The minimum atomic E-state index is -3.28. The number of sulfonamides is 1. The Kier molecular flexibility index (Phi) is 5.37. The van der Waals surface area contributed by atoms with Crippen LogP contribution in [0.25, 0.3) is 0 Å². The van der Waals surface area contributed by atoms with Gasteiger partial charge in [-0.25, -0.2) is 13.1 Å². The molecule has 0 spiro atoms. The van der Waals surface area contributed by atoms with Gasteiger partial charge in [0.15, 0.2) is 0 Å². The van der Waals surface area contributed by atoms with Crippen LogP contribution in [-0.4, -0.2) is 39.7 Å². The zero-order chi connectivity index (χ0) is 13.0. The van der Waals surface area contributed by atoms with Crippen molar-refractivity contribution in [3.63, 3.8) is 0 Å². The van der Waals surface area contributed by atoms with Crippen molar-refractivity contribution in [2.45, 2.75) is 26.8 Å². The van der Waals surface area contributed by atoms with E-state index in [0.29, 0.717) is 0 Å². The van der Waals surface area contributed by atoms with Crippen LogP contribution in [0.2, 0.25) is 0 Å². The highest BCUT2D eigenvalue weighted by atomic mass is 32.2. The van der Waals surface area contributed by atoms with Crippen molar-refractivity contribution in [2.75, 3.05) is 19.3 Å². The van der Waals surface area contributed by atoms with E-state index in [-0.39, 0.29) is 23.6 Å². The van der Waals surface area contributed by atoms with Crippen LogP contribution in [0.15, 0.2) is 0 Å². The van der Waals surface area contributed by atoms with Gasteiger partial charge in [0, 0.05) is 6.54 Å². The van der Waals surface area contributed by atoms with Gasteiger partial charge >= 0.3 is 0 Å². The molecule has 0 radical (unpaired) electrons. The van der Waals surface area contributed by atoms with Crippen molar-refractivity contribution in [3.8, 4) is 0 Å². The number of hydrogen-bond acceptors (Lipinski definition) is 4. The van der Waals surface area contributed by atoms with E-state index in [9.17, 15) is 13.2 Å². The summed E-state index contributed by atoms with van der Waals surface area (Å²) in [7, 11) is -1.95. The number of hydrogen-bond donors (Lipinski definition) is 3. The Bertz CT molecular complexity index is 332. The fraction of sp³-hybridized carbons (Fsp3) is 0.889. The molecule has 0 bridgehead atoms. The summed E-state index contributed by atoms with van der Waals surface area (Å²) in [6.07, 6.45) is 0. The molecule has 6 nitrogen and oxygen atoms in total. The molecule has 7 heteroatoms. The molecular formula is C9H21N3O3S. The molecule has 16 heavy (non-hydrogen) atoms. The first-order valence-corrected chi connectivity index (χ1v) is 6.70. The third-order valence-electron chi connectivity index (χ3n) is 2.20. The van der Waals surface area contributed by atoms with Crippen molar-refractivity contribution in [2.24, 2.45) is 11.1 Å². The Morgan fingerprint density at radius 2 is 1.88 bits per heavy atom. The number of carbonyl (C=O) groups is 1. The lowest BCUT2D eigenvalue weighted by Crippen LogP contribution is -2.49. The highest BCUT2D eigenvalue weighted by Crippen LogP contribution is 2.16. The van der Waals surface area contributed by atoms with Crippen LogP contribution in [0.1, 0.15) is 20.8 Å². The van der Waals surface area contributed by atoms with Crippen LogP contribution < -0.4 is 15.8 Å². The lowest BCUT2D eigenvalue weighted by molar-refractivity contribution is -0.124. The maximum Gasteiger partial charge on any atom is 0.237 e. The third-order valence-corrected chi connectivity index (χ3v) is 3.56. The van der Waals surface area contributed by atoms with Gasteiger partial charge in [-0.2, -0.15) is 0 Å². The summed E-state index contributed by atoms with van der Waals surface area (Å²) in [5.74, 6) is -0.481. The lowest BCUT2D eigenvalue weighted by Gasteiger charge is -2.25. The van der Waals surface area contributed by atoms with Gasteiger partial charge in [0.1, 0.15) is 0 Å². The molecule has 0 aliphatic rings. The predicted molar refractivity (Wildman–Crippen MR) is 63.3 cm³/mol. The fourth-order valence-electron chi connectivity index (χ4n) is 0.914. The summed E-state index contributed by atoms with van der Waals surface area (Å²) in [5, 5.41) is 2.50. The number of rotatable bonds is 5. The zero-order valence-corrected chi connectivity index (χ0v) is 11.0. The van der Waals surface area contributed by atoms with Gasteiger partial charge in [-0.1, -0.05) is 20.8 Å². The summed E-state index contributed by atoms with van der Waals surface area (Å²) < 4.78 is 24.3. The molecule has 0 aliphatic carbocycles. The minimum Gasteiger partial charge on any atom is -0.354 e. The molecule has 0 heterocycles. The van der Waals surface area contributed by atoms with E-state index < -0.39 is 16.1 Å². The molecule has 1 atom stereocenters. The second-order valence-corrected chi connectivity index (χ2v) is 6.70. The molecule has 0 rings (SSSR count). The van der Waals surface area contributed by atoms with E-state index in [1.54, 1.807) is 0 Å². The largest absolute Gasteiger partial charge is 0.354 e. The molecule has 0 aromatic heterocycles. The third kappa shape index (κ3) is 5.43. The molecule has 4 N–H and O–H groups in total. The number of nitrogens with two attached hydrogens (primary N) is 1. The Morgan fingerprint density at radius 3 is 2.25 bits per heavy atom. The zero-order valence-electron chi connectivity index (χ0n) is 10.2. The van der Waals surface area contributed by atoms with Crippen molar-refractivity contribution in [3.05, 3.63) is 0 Å². The molecule has 0 saturated carbocycles. The first-order chi connectivity index (χ1) is 7.10. The first-order valence-electron chi connectivity index (χ1n) is 5.04. The highest BCUT2D eigenvalue weighted by molar-refractivity contribution is 7.89. The van der Waals surface area contributed by atoms with Crippen molar-refractivity contribution in [1.82, 2.24) is 10.0 Å². The summed E-state index contributed by atoms with van der Waals surface area (Å²) in [5.41, 5.74) is 5.36. The summed E-state index contributed by atoms with van der Waals surface area (Å²) in [6.45, 7) is 5.61. The Labute approximate surface area is 97.0 Å². The average Bonchev–Trinajstić information content (AvgIpc) is 2.14. The van der Waals surface area contributed by atoms with E-state index in [1.807, 2.05) is 20.8 Å². The second kappa shape index (κ2) is 5.60. The van der Waals surface area contributed by atoms with Gasteiger partial charge in [0.2, 0.25) is 15.9 Å². The SMILES string of the molecule is CNS(=O)(=O)CCNC(=O)[C@H](N)C(C)(C)C. The number of amides is 1. The normalized spacial score (nSPS) is 14.6. The average molecular weight is 251 g/mol. The van der Waals surface area contributed by atoms with Crippen LogP contribution in [0, 0.1) is 5.41 Å². The second-order valence-electron chi connectivity index (χ2n) is 4.66. The van der Waals surface area contributed by atoms with Gasteiger partial charge < -0.3 is 11.1 Å². The first kappa shape index (κ1) is 15.3. The van der Waals surface area contributed by atoms with E-state index >= 15 is 0 Å². The van der Waals surface area contributed by atoms with Crippen LogP contribution in [0.3, 0.4) is 0 Å². The molecule has 0 aromatic carbocycles. The summed E-state index contributed by atoms with van der Waals surface area (Å²) in [4.78, 5) is 11.5. The molecule has 0 aromatic rings. The van der Waals surface area contributed by atoms with Gasteiger partial charge in [-0.15, -0.1) is 0 Å². The topological polar surface area (TPSA) is 101 Å². The summed E-state index contributed by atoms with van der Waals surface area (Å²) >= 11 is 0. The number of nitrogens with one attached hydrogen (secondary N) is 2. The monoisotopic (exact) mass is 251 g/mol. The molecular weight excluding hydrogens is 230 g/mol. The molecule has 0 unspecified atom stereocenters. The van der Waals surface area contributed by atoms with E-state index in [2.05, 4.69) is 10.0 Å². The van der Waals surface area contributed by atoms with E-state index in [4.69, 9.17) is 5.73 Å². The smallest absolute Gasteiger partial charge is 0.237 e. The minimum absolute atomic E-state index is 0.0613. The lowest BCUT2D eigenvalue weighted by atomic mass is 9.87. The van der Waals surface area contributed by atoms with Crippen LogP contribution in [0.5, 0.6) is 0 Å². The van der Waals surface area contributed by atoms with Crippen LogP contribution in [-0.2, 0) is 14.8 Å². The molecule has 96 valence electrons. The Morgan fingerprint density at radius 1 is 1.38 bits per heavy atom. The van der Waals surface area contributed by atoms with Crippen molar-refractivity contribution < 1.29 is 13.2 Å². The van der Waals surface area contributed by atoms with Gasteiger partial charge in [0.05, 0.1) is 11.8 Å². The number of carbonyl (C=O) groups excluding carboxylic acids is 1. The predicted octanol–water partition coefficient (Wildman–Crippen LogP) is -0.975. The maximum atomic E-state index is 11.5. The molecule has 0 fully saturated rings. The molecule has 0 saturated heterocycles. The Balaban J connectivity index is 4.11. The standard InChI is InChI=1S/C9H21N3O3S/c1-9(2,3)7(10)8(13)12-5-6-16(14,15)11-4/h7,11H,5-6,10H2,1-4H3,(H,12,13)/t7-/m0/s1. The summed E-state index contributed by atoms with van der Waals surface area (Å²) in [6, 6.07) is -0.648. The highest BCUT2D eigenvalue weighted by Gasteiger charge is 2.27. The van der Waals surface area contributed by atoms with Crippen LogP contribution in [0.4, 0.5) is 0 Å². The van der Waals surface area contributed by atoms with E-state index in [1.165, 1.54) is 7.05 Å². The quantitative estimate of drug-likeness (QED) is 0.585. The maximum absolute atomic E-state index is 11.5. The van der Waals surface area contributed by atoms with Crippen LogP contribution >= 0.6 is 0 Å². The van der Waals surface area contributed by atoms with Crippen molar-refractivity contribution >= 4 is 15.9 Å². The van der Waals surface area contributed by atoms with E-state index in [0.717, 1.165) is 0 Å².